The molecule has 0 spiro atoms. The maximum absolute atomic E-state index is 2.82. The molecule has 0 saturated heterocycles. The minimum Gasteiger partial charge on any atom is -0.376 e. The van der Waals surface area contributed by atoms with Crippen LogP contribution in [0.1, 0.15) is 57.2 Å². The van der Waals surface area contributed by atoms with E-state index in [0.29, 0.717) is 0 Å². The number of thiophene rings is 1. The fraction of sp³-hybridized carbons (Fsp3) is 0.130. The van der Waals surface area contributed by atoms with E-state index in [2.05, 4.69) is 249 Å². The molecule has 3 aliphatic rings. The van der Waals surface area contributed by atoms with Crippen molar-refractivity contribution in [1.82, 2.24) is 9.13 Å². The Morgan fingerprint density at radius 1 is 0.446 bits per heavy atom. The van der Waals surface area contributed by atoms with Crippen molar-refractivity contribution in [3.63, 3.8) is 0 Å². The van der Waals surface area contributed by atoms with E-state index in [1.54, 1.807) is 0 Å². The molecular formula is C69H52BN3S. The van der Waals surface area contributed by atoms with Crippen LogP contribution in [0.4, 0.5) is 11.4 Å². The van der Waals surface area contributed by atoms with Gasteiger partial charge >= 0.3 is 6.85 Å². The third-order valence-electron chi connectivity index (χ3n) is 17.6. The van der Waals surface area contributed by atoms with Crippen LogP contribution in [-0.4, -0.2) is 16.0 Å². The average Bonchev–Trinajstić information content (AvgIpc) is 4.09. The van der Waals surface area contributed by atoms with Crippen LogP contribution in [0.2, 0.25) is 0 Å². The Kier molecular flexibility index (Phi) is 8.59. The van der Waals surface area contributed by atoms with Crippen LogP contribution in [0.5, 0.6) is 0 Å². The lowest BCUT2D eigenvalue weighted by Crippen LogP contribution is -2.61. The molecule has 0 N–H and O–H groups in total. The van der Waals surface area contributed by atoms with Crippen LogP contribution in [0.3, 0.4) is 0 Å². The minimum atomic E-state index is -0.157. The van der Waals surface area contributed by atoms with Crippen LogP contribution in [0.15, 0.2) is 200 Å². The molecule has 0 atom stereocenters. The first-order valence-electron chi connectivity index (χ1n) is 26.4. The van der Waals surface area contributed by atoms with E-state index in [1.807, 2.05) is 11.3 Å². The molecule has 10 aromatic carbocycles. The number of aryl methyl sites for hydroxylation is 1. The van der Waals surface area contributed by atoms with Gasteiger partial charge in [-0.15, -0.1) is 11.3 Å². The average molecular weight is 966 g/mol. The van der Waals surface area contributed by atoms with E-state index in [-0.39, 0.29) is 17.7 Å². The Bertz CT molecular complexity index is 4560. The Labute approximate surface area is 435 Å². The number of para-hydroxylation sites is 2. The number of aromatic nitrogens is 2. The molecular weight excluding hydrogens is 914 g/mol. The topological polar surface area (TPSA) is 13.1 Å². The highest BCUT2D eigenvalue weighted by Gasteiger charge is 2.47. The second-order valence-corrected chi connectivity index (χ2v) is 23.8. The van der Waals surface area contributed by atoms with Gasteiger partial charge in [-0.3, -0.25) is 0 Å². The zero-order chi connectivity index (χ0) is 49.4. The monoisotopic (exact) mass is 965 g/mol. The summed E-state index contributed by atoms with van der Waals surface area (Å²) < 4.78 is 7.85. The van der Waals surface area contributed by atoms with E-state index in [9.17, 15) is 0 Å². The molecule has 3 aromatic heterocycles. The molecule has 0 amide bonds. The number of anilines is 2. The van der Waals surface area contributed by atoms with Crippen LogP contribution in [0, 0.1) is 6.92 Å². The summed E-state index contributed by atoms with van der Waals surface area (Å²) in [6.07, 6.45) is 2.32. The van der Waals surface area contributed by atoms with Gasteiger partial charge in [-0.2, -0.15) is 0 Å². The Balaban J connectivity index is 1.12. The zero-order valence-electron chi connectivity index (χ0n) is 42.3. The standard InChI is InChI=1S/C69H52BN3S/c1-41-33-55-56(69(4,5)32-31-68(55,2)3)40-60(41)73-62-39-50-47-25-15-17-27-58(47)71(46-23-13-8-14-24-46)61(50)38-51(62)52-37-54-48-26-16-18-28-63(48)74-67(54)66-64(52)70(73)57-36-45(43-21-11-7-12-22-43)35-53-49-34-44(42-19-9-6-10-20-42)29-30-59(49)72(66)65(53)57/h6-30,33-40H,31-32H2,1-5H3. The molecule has 5 heterocycles. The number of nitrogens with zero attached hydrogens (tertiary/aromatic N) is 3. The van der Waals surface area contributed by atoms with Crippen molar-refractivity contribution in [3.05, 3.63) is 217 Å². The van der Waals surface area contributed by atoms with Crippen LogP contribution >= 0.6 is 11.3 Å². The second-order valence-electron chi connectivity index (χ2n) is 22.7. The molecule has 1 aliphatic carbocycles. The largest absolute Gasteiger partial charge is 0.376 e. The molecule has 74 heavy (non-hydrogen) atoms. The highest BCUT2D eigenvalue weighted by Crippen LogP contribution is 2.54. The highest BCUT2D eigenvalue weighted by atomic mass is 32.1. The molecule has 5 heteroatoms. The first-order valence-corrected chi connectivity index (χ1v) is 27.2. The zero-order valence-corrected chi connectivity index (χ0v) is 43.1. The fourth-order valence-corrected chi connectivity index (χ4v) is 15.1. The summed E-state index contributed by atoms with van der Waals surface area (Å²) in [5, 5.41) is 7.71. The lowest BCUT2D eigenvalue weighted by atomic mass is 9.43. The number of hydrogen-bond acceptors (Lipinski definition) is 2. The highest BCUT2D eigenvalue weighted by molar-refractivity contribution is 7.26. The van der Waals surface area contributed by atoms with Gasteiger partial charge in [0.05, 0.1) is 32.5 Å². The molecule has 2 aliphatic heterocycles. The van der Waals surface area contributed by atoms with Gasteiger partial charge in [-0.25, -0.2) is 0 Å². The quantitative estimate of drug-likeness (QED) is 0.160. The van der Waals surface area contributed by atoms with E-state index in [0.717, 1.165) is 6.42 Å². The van der Waals surface area contributed by atoms with Crippen molar-refractivity contribution in [3.8, 4) is 44.8 Å². The second kappa shape index (κ2) is 15.0. The maximum Gasteiger partial charge on any atom is 0.333 e. The molecule has 0 fully saturated rings. The SMILES string of the molecule is Cc1cc2c(cc1N1B3c4c(cc5c(sc6ccccc65)c4-n4c5ccc(-c6ccccc6)cc5c5cc(-c6ccccc6)cc3c54)-c3cc4c(cc31)c1ccccc1n4-c1ccccc1)C(C)(C)CCC2(C)C. The molecule has 0 unspecified atom stereocenters. The molecule has 352 valence electrons. The van der Waals surface area contributed by atoms with Crippen molar-refractivity contribution < 1.29 is 0 Å². The summed E-state index contributed by atoms with van der Waals surface area (Å²) in [4.78, 5) is 2.82. The van der Waals surface area contributed by atoms with E-state index < -0.39 is 0 Å². The number of fused-ring (bicyclic) bond motifs is 15. The molecule has 0 saturated carbocycles. The summed E-state index contributed by atoms with van der Waals surface area (Å²) in [6, 6.07) is 76.3. The van der Waals surface area contributed by atoms with Crippen LogP contribution in [-0.2, 0) is 10.8 Å². The lowest BCUT2D eigenvalue weighted by Gasteiger charge is -2.46. The summed E-state index contributed by atoms with van der Waals surface area (Å²) in [6.45, 7) is 12.1. The smallest absolute Gasteiger partial charge is 0.333 e. The van der Waals surface area contributed by atoms with Gasteiger partial charge in [0.1, 0.15) is 0 Å². The van der Waals surface area contributed by atoms with Crippen LogP contribution in [0.25, 0.3) is 109 Å². The van der Waals surface area contributed by atoms with Gasteiger partial charge < -0.3 is 13.9 Å². The van der Waals surface area contributed by atoms with E-state index in [4.69, 9.17) is 0 Å². The maximum atomic E-state index is 2.82. The van der Waals surface area contributed by atoms with Crippen molar-refractivity contribution in [2.24, 2.45) is 0 Å². The first kappa shape index (κ1) is 42.4. The molecule has 0 bridgehead atoms. The van der Waals surface area contributed by atoms with Crippen molar-refractivity contribution >= 4 is 104 Å². The molecule has 13 aromatic rings. The van der Waals surface area contributed by atoms with Crippen molar-refractivity contribution in [2.45, 2.75) is 58.3 Å². The molecule has 16 rings (SSSR count). The molecule has 0 radical (unpaired) electrons. The third-order valence-corrected chi connectivity index (χ3v) is 18.8. The predicted octanol–water partition coefficient (Wildman–Crippen LogP) is 17.5. The normalized spacial score (nSPS) is 15.1. The van der Waals surface area contributed by atoms with Gasteiger partial charge in [0.15, 0.2) is 0 Å². The van der Waals surface area contributed by atoms with Gasteiger partial charge in [0.2, 0.25) is 0 Å². The third kappa shape index (κ3) is 5.73. The number of rotatable bonds is 4. The van der Waals surface area contributed by atoms with E-state index >= 15 is 0 Å². The first-order chi connectivity index (χ1) is 36.1. The number of hydrogen-bond donors (Lipinski definition) is 0. The van der Waals surface area contributed by atoms with Crippen molar-refractivity contribution in [2.75, 3.05) is 4.81 Å². The van der Waals surface area contributed by atoms with Gasteiger partial charge in [-0.05, 0) is 153 Å². The summed E-state index contributed by atoms with van der Waals surface area (Å²) in [7, 11) is 0. The van der Waals surface area contributed by atoms with Crippen molar-refractivity contribution in [1.29, 1.82) is 0 Å². The lowest BCUT2D eigenvalue weighted by molar-refractivity contribution is 0.332. The number of benzene rings is 10. The van der Waals surface area contributed by atoms with Gasteiger partial charge in [0.25, 0.3) is 0 Å². The Hall–Kier alpha value is -8.12. The van der Waals surface area contributed by atoms with E-state index in [1.165, 1.54) is 154 Å². The Morgan fingerprint density at radius 3 is 1.82 bits per heavy atom. The Morgan fingerprint density at radius 2 is 1.07 bits per heavy atom. The summed E-state index contributed by atoms with van der Waals surface area (Å²) >= 11 is 1.95. The molecule has 3 nitrogen and oxygen atoms in total. The van der Waals surface area contributed by atoms with Gasteiger partial charge in [-0.1, -0.05) is 161 Å². The van der Waals surface area contributed by atoms with Gasteiger partial charge in [0, 0.05) is 59.6 Å². The fourth-order valence-electron chi connectivity index (χ4n) is 13.9. The minimum absolute atomic E-state index is 0.0151. The summed E-state index contributed by atoms with van der Waals surface area (Å²) in [5.41, 5.74) is 24.6. The summed E-state index contributed by atoms with van der Waals surface area (Å²) in [5.74, 6) is 0. The predicted molar refractivity (Wildman–Crippen MR) is 318 cm³/mol. The van der Waals surface area contributed by atoms with Crippen LogP contribution < -0.4 is 15.7 Å².